The predicted octanol–water partition coefficient (Wildman–Crippen LogP) is 13.8. The van der Waals surface area contributed by atoms with E-state index in [-0.39, 0.29) is 0 Å². The maximum absolute atomic E-state index is 5.51. The topological polar surface area (TPSA) is 74.7 Å². The molecular weight excluding hydrogens is 745 g/mol. The van der Waals surface area contributed by atoms with Crippen LogP contribution in [0.3, 0.4) is 0 Å². The van der Waals surface area contributed by atoms with Crippen molar-refractivity contribution in [2.24, 2.45) is 0 Å². The van der Waals surface area contributed by atoms with E-state index in [4.69, 9.17) is 15.0 Å². The van der Waals surface area contributed by atoms with Crippen LogP contribution in [0.25, 0.3) is 119 Å². The van der Waals surface area contributed by atoms with Crippen LogP contribution in [0.5, 0.6) is 0 Å². The molecular formula is C55H36N6. The van der Waals surface area contributed by atoms with Gasteiger partial charge in [0.05, 0.1) is 45.0 Å². The van der Waals surface area contributed by atoms with Crippen molar-refractivity contribution < 1.29 is 0 Å². The second kappa shape index (κ2) is 14.2. The molecule has 0 saturated carbocycles. The lowest BCUT2D eigenvalue weighted by atomic mass is 10.0. The highest BCUT2D eigenvalue weighted by atomic mass is 14.9. The van der Waals surface area contributed by atoms with Crippen LogP contribution in [-0.2, 0) is 0 Å². The number of aromatic amines is 2. The first-order valence-electron chi connectivity index (χ1n) is 20.5. The van der Waals surface area contributed by atoms with Gasteiger partial charge in [-0.05, 0) is 95.1 Å². The number of benzene rings is 5. The van der Waals surface area contributed by atoms with Gasteiger partial charge < -0.3 is 14.4 Å². The van der Waals surface area contributed by atoms with E-state index in [9.17, 15) is 0 Å². The summed E-state index contributed by atoms with van der Waals surface area (Å²) in [6.07, 6.45) is 10.7. The molecule has 2 aliphatic heterocycles. The molecule has 0 fully saturated rings. The number of H-pyrrole nitrogens is 2. The average Bonchev–Trinajstić information content (AvgIpc) is 4.18. The first-order chi connectivity index (χ1) is 30.2. The summed E-state index contributed by atoms with van der Waals surface area (Å²) in [6.45, 7) is 0. The normalized spacial score (nSPS) is 12.1. The second-order valence-corrected chi connectivity index (χ2v) is 15.4. The molecule has 6 heteroatoms. The zero-order valence-corrected chi connectivity index (χ0v) is 32.9. The van der Waals surface area contributed by atoms with E-state index >= 15 is 0 Å². The molecule has 0 saturated heterocycles. The molecule has 0 radical (unpaired) electrons. The fraction of sp³-hybridized carbons (Fsp3) is 0. The molecule has 0 amide bonds. The lowest BCUT2D eigenvalue weighted by Crippen LogP contribution is -1.95. The molecule has 2 N–H and O–H groups in total. The number of nitrogens with one attached hydrogen (secondary N) is 2. The first kappa shape index (κ1) is 34.7. The fourth-order valence-corrected chi connectivity index (χ4v) is 8.98. The van der Waals surface area contributed by atoms with Gasteiger partial charge >= 0.3 is 0 Å². The molecule has 12 rings (SSSR count). The van der Waals surface area contributed by atoms with Crippen LogP contribution in [0, 0.1) is 0 Å². The van der Waals surface area contributed by atoms with Gasteiger partial charge in [-0.15, -0.1) is 0 Å². The number of hydrogen-bond acceptors (Lipinski definition) is 3. The van der Waals surface area contributed by atoms with Gasteiger partial charge in [-0.2, -0.15) is 0 Å². The van der Waals surface area contributed by atoms with Crippen LogP contribution in [0.15, 0.2) is 182 Å². The Bertz CT molecular complexity index is 3520. The third-order valence-electron chi connectivity index (χ3n) is 11.7. The summed E-state index contributed by atoms with van der Waals surface area (Å²) in [4.78, 5) is 24.0. The molecule has 6 nitrogen and oxygen atoms in total. The molecule has 0 spiro atoms. The van der Waals surface area contributed by atoms with E-state index < -0.39 is 0 Å². The Hall–Kier alpha value is -8.35. The smallest absolute Gasteiger partial charge is 0.0950 e. The predicted molar refractivity (Wildman–Crippen MR) is 252 cm³/mol. The van der Waals surface area contributed by atoms with E-state index in [2.05, 4.69) is 215 Å². The number of aromatic nitrogens is 6. The molecule has 0 unspecified atom stereocenters. The summed E-state index contributed by atoms with van der Waals surface area (Å²) in [6, 6.07) is 61.4. The largest absolute Gasteiger partial charge is 0.354 e. The number of hydrogen-bond donors (Lipinski definition) is 2. The van der Waals surface area contributed by atoms with E-state index in [0.29, 0.717) is 0 Å². The summed E-state index contributed by atoms with van der Waals surface area (Å²) in [5, 5.41) is 0. The number of nitrogens with zero attached hydrogens (tertiary/aromatic N) is 4. The molecule has 7 heterocycles. The Balaban J connectivity index is 1.21. The highest BCUT2D eigenvalue weighted by molar-refractivity contribution is 6.01. The summed E-state index contributed by atoms with van der Waals surface area (Å²) < 4.78 is 2.23. The van der Waals surface area contributed by atoms with Crippen molar-refractivity contribution in [3.63, 3.8) is 0 Å². The van der Waals surface area contributed by atoms with Gasteiger partial charge in [-0.3, -0.25) is 0 Å². The van der Waals surface area contributed by atoms with Crippen molar-refractivity contribution in [1.29, 1.82) is 0 Å². The molecule has 0 aliphatic carbocycles. The van der Waals surface area contributed by atoms with Gasteiger partial charge in [0.1, 0.15) is 0 Å². The van der Waals surface area contributed by atoms with Crippen LogP contribution in [0.4, 0.5) is 0 Å². The lowest BCUT2D eigenvalue weighted by Gasteiger charge is -2.11. The molecule has 5 aromatic heterocycles. The number of fused-ring (bicyclic) bond motifs is 11. The Morgan fingerprint density at radius 3 is 1.18 bits per heavy atom. The highest BCUT2D eigenvalue weighted by Crippen LogP contribution is 2.39. The van der Waals surface area contributed by atoms with Gasteiger partial charge in [0.15, 0.2) is 0 Å². The fourth-order valence-electron chi connectivity index (χ4n) is 8.98. The van der Waals surface area contributed by atoms with Gasteiger partial charge in [-0.25, -0.2) is 15.0 Å². The molecule has 10 aromatic rings. The van der Waals surface area contributed by atoms with E-state index in [1.807, 2.05) is 6.07 Å². The van der Waals surface area contributed by atoms with Crippen molar-refractivity contribution in [1.82, 2.24) is 29.3 Å². The summed E-state index contributed by atoms with van der Waals surface area (Å²) in [5.74, 6) is 0. The summed E-state index contributed by atoms with van der Waals surface area (Å²) in [5.41, 5.74) is 20.6. The monoisotopic (exact) mass is 780 g/mol. The van der Waals surface area contributed by atoms with E-state index in [1.165, 1.54) is 0 Å². The van der Waals surface area contributed by atoms with Crippen molar-refractivity contribution in [3.05, 3.63) is 205 Å². The van der Waals surface area contributed by atoms with Gasteiger partial charge in [-0.1, -0.05) is 127 Å². The third-order valence-corrected chi connectivity index (χ3v) is 11.7. The molecule has 61 heavy (non-hydrogen) atoms. The van der Waals surface area contributed by atoms with E-state index in [1.54, 1.807) is 0 Å². The molecule has 286 valence electrons. The van der Waals surface area contributed by atoms with Crippen LogP contribution in [0.1, 0.15) is 22.8 Å². The van der Waals surface area contributed by atoms with Crippen LogP contribution >= 0.6 is 0 Å². The first-order valence-corrected chi connectivity index (χ1v) is 20.5. The van der Waals surface area contributed by atoms with Crippen LogP contribution in [0.2, 0.25) is 0 Å². The van der Waals surface area contributed by atoms with E-state index in [0.717, 1.165) is 117 Å². The average molecular weight is 781 g/mol. The maximum Gasteiger partial charge on any atom is 0.0950 e. The zero-order chi connectivity index (χ0) is 40.3. The minimum Gasteiger partial charge on any atom is -0.354 e. The minimum absolute atomic E-state index is 0.854. The lowest BCUT2D eigenvalue weighted by molar-refractivity contribution is 1.23. The molecule has 5 aromatic carbocycles. The quantitative estimate of drug-likeness (QED) is 0.183. The van der Waals surface area contributed by atoms with Crippen LogP contribution < -0.4 is 0 Å². The highest BCUT2D eigenvalue weighted by Gasteiger charge is 2.20. The second-order valence-electron chi connectivity index (χ2n) is 15.4. The van der Waals surface area contributed by atoms with Gasteiger partial charge in [0, 0.05) is 56.1 Å². The Morgan fingerprint density at radius 2 is 0.738 bits per heavy atom. The molecule has 8 bridgehead atoms. The van der Waals surface area contributed by atoms with Crippen molar-refractivity contribution in [2.75, 3.05) is 0 Å². The number of rotatable bonds is 5. The van der Waals surface area contributed by atoms with Crippen molar-refractivity contribution in [3.8, 4) is 55.8 Å². The Labute approximate surface area is 351 Å². The molecule has 2 aliphatic rings. The summed E-state index contributed by atoms with van der Waals surface area (Å²) >= 11 is 0. The summed E-state index contributed by atoms with van der Waals surface area (Å²) in [7, 11) is 0. The Kier molecular flexibility index (Phi) is 8.06. The molecule has 0 atom stereocenters. The van der Waals surface area contributed by atoms with Gasteiger partial charge in [0.25, 0.3) is 0 Å². The maximum atomic E-state index is 5.51. The Morgan fingerprint density at radius 1 is 0.328 bits per heavy atom. The van der Waals surface area contributed by atoms with Gasteiger partial charge in [0.2, 0.25) is 0 Å². The minimum atomic E-state index is 0.854. The standard InChI is InChI=1S/C55H36N6/c1-5-14-35(15-6-1)51-40-24-26-42(56-40)52(36-16-7-2-8-17-36)44-28-30-46(58-44)54(47-31-29-45(59-47)53(37-18-9-3-10-19-37)43-27-25-41(51)57-43)39-23-32-49-48(34-39)60-55(38-20-11-4-12-21-38)50-22-13-33-61(49)50/h1-34,56,59H. The SMILES string of the molecule is C1=Cc2nc1c(-c1ccccc1)c1ccc([nH]1)c(-c1ccccc1)c1nc(c(-c3ccc4c(c3)nc(-c3ccccc3)c3cccn34)c3ccc([nH]3)c2-c2ccccc2)C=C1. The van der Waals surface area contributed by atoms with Crippen molar-refractivity contribution in [2.45, 2.75) is 0 Å². The van der Waals surface area contributed by atoms with Crippen LogP contribution in [-0.4, -0.2) is 29.3 Å². The zero-order valence-electron chi connectivity index (χ0n) is 32.9. The third kappa shape index (κ3) is 5.92. The van der Waals surface area contributed by atoms with Crippen molar-refractivity contribution >= 4 is 62.9 Å².